The van der Waals surface area contributed by atoms with Gasteiger partial charge in [-0.05, 0) is 187 Å². The molecule has 4 rings (SSSR count). The predicted molar refractivity (Wildman–Crippen MR) is 375 cm³/mol. The summed E-state index contributed by atoms with van der Waals surface area (Å²) in [5.74, 6) is -3.37. The van der Waals surface area contributed by atoms with Gasteiger partial charge < -0.3 is 68.6 Å². The van der Waals surface area contributed by atoms with Gasteiger partial charge in [-0.2, -0.15) is 0 Å². The van der Waals surface area contributed by atoms with Crippen LogP contribution in [0.25, 0.3) is 0 Å². The van der Waals surface area contributed by atoms with E-state index in [-0.39, 0.29) is 105 Å². The standard InChI is InChI=1S/C76H116N4O20/c1-18-33-75(17,100-70(90)80-58-39-72(13,14)47-74(16,41-58)49-78-68(88)98-60(43-94-62(82)20-3)45-96-64(84)51(7)8)34-29-52(9)31-36-91-65(85)54-25-27-55(28-26-54)66(86)99-76(21-4,56-23-22-24-56)35-30-53(10)32-37-92-69(89)79-57-38-71(11,12)46-73(15,40-57)48-77-67(87)97-59(42-93-61(81)19-2)44-95-63(83)50(5)6/h19-20,25-28,52-53,56-60H,2-3,5,7,18,21-24,29-49H2,1,4,6,8-17H3,(H,77,87)(H,78,88)(H,79,89)(H,80,90). The van der Waals surface area contributed by atoms with Gasteiger partial charge in [0.25, 0.3) is 0 Å². The van der Waals surface area contributed by atoms with E-state index in [0.29, 0.717) is 81.8 Å². The van der Waals surface area contributed by atoms with Gasteiger partial charge in [-0.15, -0.1) is 0 Å². The summed E-state index contributed by atoms with van der Waals surface area (Å²) in [6, 6.07) is 5.81. The lowest BCUT2D eigenvalue weighted by molar-refractivity contribution is -0.148. The number of hydrogen-bond donors (Lipinski definition) is 4. The molecule has 24 heteroatoms. The second-order valence-corrected chi connectivity index (χ2v) is 30.7. The molecule has 3 fully saturated rings. The first kappa shape index (κ1) is 84.5. The smallest absolute Gasteiger partial charge is 0.407 e. The topological polar surface area (TPSA) is 311 Å². The molecule has 0 radical (unpaired) electrons. The zero-order chi connectivity index (χ0) is 74.7. The number of hydrogen-bond acceptors (Lipinski definition) is 20. The number of rotatable bonds is 40. The van der Waals surface area contributed by atoms with Crippen LogP contribution in [0, 0.1) is 39.4 Å². The largest absolute Gasteiger partial charge is 0.462 e. The van der Waals surface area contributed by atoms with Crippen LogP contribution < -0.4 is 21.3 Å². The first-order valence-corrected chi connectivity index (χ1v) is 35.4. The Morgan fingerprint density at radius 2 is 0.980 bits per heavy atom. The Balaban J connectivity index is 1.21. The first-order chi connectivity index (χ1) is 46.9. The Labute approximate surface area is 592 Å². The molecule has 3 saturated carbocycles. The van der Waals surface area contributed by atoms with Gasteiger partial charge in [0.1, 0.15) is 37.6 Å². The van der Waals surface area contributed by atoms with E-state index >= 15 is 0 Å². The fourth-order valence-electron chi connectivity index (χ4n) is 14.3. The number of benzene rings is 1. The van der Waals surface area contributed by atoms with Crippen molar-refractivity contribution in [2.75, 3.05) is 52.7 Å². The molecule has 4 N–H and O–H groups in total. The molecule has 1 aromatic carbocycles. The van der Waals surface area contributed by atoms with Gasteiger partial charge in [0.2, 0.25) is 0 Å². The van der Waals surface area contributed by atoms with Crippen molar-refractivity contribution < 1.29 is 95.3 Å². The summed E-state index contributed by atoms with van der Waals surface area (Å²) >= 11 is 0. The Morgan fingerprint density at radius 1 is 0.550 bits per heavy atom. The Morgan fingerprint density at radius 3 is 1.40 bits per heavy atom. The lowest BCUT2D eigenvalue weighted by atomic mass is 9.62. The van der Waals surface area contributed by atoms with Gasteiger partial charge in [0.05, 0.1) is 24.3 Å². The van der Waals surface area contributed by atoms with Gasteiger partial charge in [0.15, 0.2) is 12.2 Å². The molecule has 0 heterocycles. The SMILES string of the molecule is C=CC(=O)OCC(COC(=O)C(=C)C)OC(=O)NCC1(C)CC(NC(=O)OCCC(C)CCC(CC)(OC(=O)c2ccc(C(=O)OCCC(C)CCC(C)(CCC)OC(=O)NC3CC(C)(C)CC(C)(CNC(=O)OC(COC(=O)C=C)COC(=O)C(=C)C)C3)cc2)C2CCC2)CC(C)(C)C1. The minimum Gasteiger partial charge on any atom is -0.462 e. The van der Waals surface area contributed by atoms with Crippen LogP contribution in [0.15, 0.2) is 73.9 Å². The molecular formula is C76H116N4O20. The van der Waals surface area contributed by atoms with E-state index < -0.39 is 94.4 Å². The molecular weight excluding hydrogens is 1290 g/mol. The van der Waals surface area contributed by atoms with E-state index in [0.717, 1.165) is 57.1 Å². The number of nitrogens with one attached hydrogen (secondary N) is 4. The number of amides is 4. The number of esters is 6. The summed E-state index contributed by atoms with van der Waals surface area (Å²) in [5.41, 5.74) is -1.87. The van der Waals surface area contributed by atoms with Gasteiger partial charge in [-0.25, -0.2) is 47.9 Å². The molecule has 1 aromatic rings. The maximum atomic E-state index is 13.9. The molecule has 560 valence electrons. The average Bonchev–Trinajstić information content (AvgIpc) is 0.809. The maximum absolute atomic E-state index is 13.9. The van der Waals surface area contributed by atoms with Crippen molar-refractivity contribution >= 4 is 60.2 Å². The van der Waals surface area contributed by atoms with E-state index in [2.05, 4.69) is 89.1 Å². The molecule has 0 aromatic heterocycles. The van der Waals surface area contributed by atoms with Gasteiger partial charge in [-0.3, -0.25) is 0 Å². The van der Waals surface area contributed by atoms with Gasteiger partial charge >= 0.3 is 60.2 Å². The highest BCUT2D eigenvalue weighted by Crippen LogP contribution is 2.48. The second-order valence-electron chi connectivity index (χ2n) is 30.7. The highest BCUT2D eigenvalue weighted by molar-refractivity contribution is 5.93. The zero-order valence-corrected chi connectivity index (χ0v) is 61.9. The Bertz CT molecular complexity index is 3000. The molecule has 0 saturated heterocycles. The van der Waals surface area contributed by atoms with Crippen LogP contribution in [0.1, 0.15) is 226 Å². The number of ether oxygens (including phenoxy) is 10. The fourth-order valence-corrected chi connectivity index (χ4v) is 14.3. The molecule has 3 aliphatic carbocycles. The van der Waals surface area contributed by atoms with Crippen molar-refractivity contribution in [1.29, 1.82) is 0 Å². The predicted octanol–water partition coefficient (Wildman–Crippen LogP) is 13.6. The van der Waals surface area contributed by atoms with E-state index in [9.17, 15) is 47.9 Å². The van der Waals surface area contributed by atoms with Gasteiger partial charge in [0, 0.05) is 48.5 Å². The third-order valence-electron chi connectivity index (χ3n) is 19.2. The van der Waals surface area contributed by atoms with Gasteiger partial charge in [-0.1, -0.05) is 108 Å². The molecule has 10 unspecified atom stereocenters. The number of alkyl carbamates (subject to hydrolysis) is 4. The molecule has 24 nitrogen and oxygen atoms in total. The van der Waals surface area contributed by atoms with Crippen LogP contribution in [-0.4, -0.2) is 148 Å². The summed E-state index contributed by atoms with van der Waals surface area (Å²) in [6.45, 7) is 38.7. The average molecular weight is 1410 g/mol. The molecule has 100 heavy (non-hydrogen) atoms. The van der Waals surface area contributed by atoms with E-state index in [1.165, 1.54) is 13.8 Å². The van der Waals surface area contributed by atoms with Crippen molar-refractivity contribution in [3.05, 3.63) is 85.0 Å². The van der Waals surface area contributed by atoms with E-state index in [1.807, 2.05) is 34.6 Å². The van der Waals surface area contributed by atoms with Crippen molar-refractivity contribution in [1.82, 2.24) is 21.3 Å². The highest BCUT2D eigenvalue weighted by Gasteiger charge is 2.46. The third-order valence-corrected chi connectivity index (χ3v) is 19.2. The minimum atomic E-state index is -1.09. The van der Waals surface area contributed by atoms with Crippen molar-refractivity contribution in [3.63, 3.8) is 0 Å². The lowest BCUT2D eigenvalue weighted by Gasteiger charge is -2.47. The summed E-state index contributed by atoms with van der Waals surface area (Å²) in [7, 11) is 0. The van der Waals surface area contributed by atoms with Crippen LogP contribution in [0.4, 0.5) is 19.2 Å². The van der Waals surface area contributed by atoms with Crippen molar-refractivity contribution in [3.8, 4) is 0 Å². The van der Waals surface area contributed by atoms with Crippen LogP contribution in [-0.2, 0) is 66.5 Å². The van der Waals surface area contributed by atoms with Crippen LogP contribution >= 0.6 is 0 Å². The first-order valence-electron chi connectivity index (χ1n) is 35.4. The quantitative estimate of drug-likeness (QED) is 0.0269. The number of carbonyl (C=O) groups is 10. The Kier molecular flexibility index (Phi) is 33.2. The molecule has 3 aliphatic rings. The van der Waals surface area contributed by atoms with Crippen LogP contribution in [0.3, 0.4) is 0 Å². The van der Waals surface area contributed by atoms with E-state index in [4.69, 9.17) is 47.4 Å². The summed E-state index contributed by atoms with van der Waals surface area (Å²) < 4.78 is 55.5. The lowest BCUT2D eigenvalue weighted by Crippen LogP contribution is -2.51. The van der Waals surface area contributed by atoms with Crippen LogP contribution in [0.5, 0.6) is 0 Å². The third kappa shape index (κ3) is 29.7. The normalized spacial score (nSPS) is 21.5. The van der Waals surface area contributed by atoms with E-state index in [1.54, 1.807) is 24.3 Å². The molecule has 4 amide bonds. The van der Waals surface area contributed by atoms with Crippen LogP contribution in [0.2, 0.25) is 0 Å². The van der Waals surface area contributed by atoms with Crippen molar-refractivity contribution in [2.24, 2.45) is 39.4 Å². The zero-order valence-electron chi connectivity index (χ0n) is 61.9. The summed E-state index contributed by atoms with van der Waals surface area (Å²) in [5, 5.41) is 11.8. The monoisotopic (exact) mass is 1400 g/mol. The fraction of sp³-hybridized carbons (Fsp3) is 0.684. The minimum absolute atomic E-state index is 0.119. The summed E-state index contributed by atoms with van der Waals surface area (Å²) in [6.07, 6.45) is 9.79. The number of carbonyl (C=O) groups excluding carboxylic acids is 10. The maximum Gasteiger partial charge on any atom is 0.407 e. The molecule has 0 aliphatic heterocycles. The van der Waals surface area contributed by atoms with Crippen molar-refractivity contribution in [2.45, 2.75) is 241 Å². The molecule has 0 spiro atoms. The second kappa shape index (κ2) is 39.3. The molecule has 0 bridgehead atoms. The summed E-state index contributed by atoms with van der Waals surface area (Å²) in [4.78, 5) is 128. The molecule has 10 atom stereocenters. The highest BCUT2D eigenvalue weighted by atomic mass is 16.6. The Hall–Kier alpha value is -7.92.